The first-order chi connectivity index (χ1) is 6.47. The Bertz CT molecular complexity index is 358. The summed E-state index contributed by atoms with van der Waals surface area (Å²) in [7, 11) is -2.91. The maximum Gasteiger partial charge on any atom is 0.148 e. The van der Waals surface area contributed by atoms with E-state index in [1.807, 2.05) is 6.92 Å². The molecule has 2 N–H and O–H groups in total. The minimum atomic E-state index is -2.91. The highest BCUT2D eigenvalue weighted by Gasteiger charge is 2.09. The van der Waals surface area contributed by atoms with Crippen molar-refractivity contribution in [2.75, 3.05) is 12.0 Å². The second-order valence-electron chi connectivity index (χ2n) is 3.41. The fourth-order valence-corrected chi connectivity index (χ4v) is 2.20. The fourth-order valence-electron chi connectivity index (χ4n) is 1.18. The zero-order valence-electron chi connectivity index (χ0n) is 8.32. The number of hydrogen-bond acceptors (Lipinski definition) is 4. The van der Waals surface area contributed by atoms with Gasteiger partial charge in [0.25, 0.3) is 0 Å². The molecule has 0 saturated carbocycles. The molecule has 0 spiro atoms. The van der Waals surface area contributed by atoms with Crippen molar-refractivity contribution in [1.82, 2.24) is 15.3 Å². The Balaban J connectivity index is 2.32. The monoisotopic (exact) mass is 217 g/mol. The molecule has 0 aliphatic heterocycles. The molecule has 5 nitrogen and oxygen atoms in total. The first-order valence-corrected chi connectivity index (χ1v) is 6.43. The molecule has 14 heavy (non-hydrogen) atoms. The number of aromatic amines is 1. The average molecular weight is 217 g/mol. The molecule has 0 aliphatic rings. The zero-order valence-corrected chi connectivity index (χ0v) is 9.13. The molecular formula is C8H15N3O2S. The summed E-state index contributed by atoms with van der Waals surface area (Å²) in [4.78, 5) is 6.95. The van der Waals surface area contributed by atoms with Gasteiger partial charge in [-0.2, -0.15) is 0 Å². The standard InChI is InChI=1S/C8H15N3O2S/c1-7(6-14(2,12)13)11-5-8-9-3-4-10-8/h3-4,7,11H,5-6H2,1-2H3,(H,9,10). The molecule has 0 amide bonds. The van der Waals surface area contributed by atoms with Crippen molar-refractivity contribution in [2.45, 2.75) is 19.5 Å². The number of hydrogen-bond donors (Lipinski definition) is 2. The minimum Gasteiger partial charge on any atom is -0.348 e. The van der Waals surface area contributed by atoms with Gasteiger partial charge >= 0.3 is 0 Å². The molecule has 1 aromatic rings. The lowest BCUT2D eigenvalue weighted by Gasteiger charge is -2.10. The van der Waals surface area contributed by atoms with Gasteiger partial charge in [-0.15, -0.1) is 0 Å². The highest BCUT2D eigenvalue weighted by atomic mass is 32.2. The van der Waals surface area contributed by atoms with Crippen molar-refractivity contribution in [2.24, 2.45) is 0 Å². The number of H-pyrrole nitrogens is 1. The largest absolute Gasteiger partial charge is 0.348 e. The average Bonchev–Trinajstić information content (AvgIpc) is 2.49. The summed E-state index contributed by atoms with van der Waals surface area (Å²) in [6.45, 7) is 2.40. The van der Waals surface area contributed by atoms with E-state index < -0.39 is 9.84 Å². The lowest BCUT2D eigenvalue weighted by atomic mass is 10.4. The van der Waals surface area contributed by atoms with Gasteiger partial charge < -0.3 is 10.3 Å². The molecule has 1 atom stereocenters. The Hall–Kier alpha value is -0.880. The number of sulfone groups is 1. The molecule has 0 aromatic carbocycles. The van der Waals surface area contributed by atoms with E-state index in [0.717, 1.165) is 5.82 Å². The van der Waals surface area contributed by atoms with Crippen LogP contribution in [-0.4, -0.2) is 36.4 Å². The third-order valence-corrected chi connectivity index (χ3v) is 2.83. The lowest BCUT2D eigenvalue weighted by molar-refractivity contribution is 0.553. The first kappa shape index (κ1) is 11.2. The predicted octanol–water partition coefficient (Wildman–Crippen LogP) is -0.0676. The van der Waals surface area contributed by atoms with Crippen LogP contribution in [0, 0.1) is 0 Å². The zero-order chi connectivity index (χ0) is 10.6. The summed E-state index contributed by atoms with van der Waals surface area (Å²) in [6.07, 6.45) is 4.63. The molecule has 6 heteroatoms. The summed E-state index contributed by atoms with van der Waals surface area (Å²) in [5, 5.41) is 3.07. The number of imidazole rings is 1. The Morgan fingerprint density at radius 3 is 2.86 bits per heavy atom. The molecular weight excluding hydrogens is 202 g/mol. The third-order valence-electron chi connectivity index (χ3n) is 1.73. The van der Waals surface area contributed by atoms with E-state index in [1.165, 1.54) is 6.26 Å². The second-order valence-corrected chi connectivity index (χ2v) is 5.60. The molecule has 0 bridgehead atoms. The predicted molar refractivity (Wildman–Crippen MR) is 54.6 cm³/mol. The smallest absolute Gasteiger partial charge is 0.148 e. The van der Waals surface area contributed by atoms with Crippen LogP contribution in [-0.2, 0) is 16.4 Å². The van der Waals surface area contributed by atoms with E-state index in [4.69, 9.17) is 0 Å². The van der Waals surface area contributed by atoms with E-state index in [-0.39, 0.29) is 11.8 Å². The van der Waals surface area contributed by atoms with Crippen LogP contribution < -0.4 is 5.32 Å². The van der Waals surface area contributed by atoms with Crippen molar-refractivity contribution in [3.63, 3.8) is 0 Å². The molecule has 0 aliphatic carbocycles. The minimum absolute atomic E-state index is 0.0601. The van der Waals surface area contributed by atoms with Gasteiger partial charge in [-0.05, 0) is 6.92 Å². The van der Waals surface area contributed by atoms with Gasteiger partial charge in [-0.1, -0.05) is 0 Å². The summed E-state index contributed by atoms with van der Waals surface area (Å²) >= 11 is 0. The summed E-state index contributed by atoms with van der Waals surface area (Å²) < 4.78 is 21.9. The molecule has 0 fully saturated rings. The Labute approximate surface area is 83.9 Å². The van der Waals surface area contributed by atoms with Crippen LogP contribution >= 0.6 is 0 Å². The lowest BCUT2D eigenvalue weighted by Crippen LogP contribution is -2.32. The van der Waals surface area contributed by atoms with E-state index in [9.17, 15) is 8.42 Å². The van der Waals surface area contributed by atoms with Crippen molar-refractivity contribution in [3.05, 3.63) is 18.2 Å². The number of aromatic nitrogens is 2. The van der Waals surface area contributed by atoms with E-state index >= 15 is 0 Å². The van der Waals surface area contributed by atoms with Gasteiger partial charge in [0, 0.05) is 24.7 Å². The van der Waals surface area contributed by atoms with Crippen LogP contribution in [0.2, 0.25) is 0 Å². The fraction of sp³-hybridized carbons (Fsp3) is 0.625. The number of rotatable bonds is 5. The highest BCUT2D eigenvalue weighted by Crippen LogP contribution is 1.93. The molecule has 0 saturated heterocycles. The second kappa shape index (κ2) is 4.56. The van der Waals surface area contributed by atoms with E-state index in [0.29, 0.717) is 6.54 Å². The van der Waals surface area contributed by atoms with Crippen LogP contribution in [0.4, 0.5) is 0 Å². The number of nitrogens with zero attached hydrogens (tertiary/aromatic N) is 1. The summed E-state index contributed by atoms with van der Waals surface area (Å²) in [6, 6.07) is -0.0601. The van der Waals surface area contributed by atoms with Gasteiger partial charge in [0.2, 0.25) is 0 Å². The van der Waals surface area contributed by atoms with Crippen molar-refractivity contribution in [3.8, 4) is 0 Å². The van der Waals surface area contributed by atoms with Crippen LogP contribution in [0.3, 0.4) is 0 Å². The maximum absolute atomic E-state index is 10.9. The molecule has 80 valence electrons. The van der Waals surface area contributed by atoms with Crippen LogP contribution in [0.15, 0.2) is 12.4 Å². The Morgan fingerprint density at radius 2 is 2.36 bits per heavy atom. The third kappa shape index (κ3) is 4.38. The Morgan fingerprint density at radius 1 is 1.64 bits per heavy atom. The molecule has 1 heterocycles. The quantitative estimate of drug-likeness (QED) is 0.724. The highest BCUT2D eigenvalue weighted by molar-refractivity contribution is 7.90. The van der Waals surface area contributed by atoms with Gasteiger partial charge in [0.1, 0.15) is 15.7 Å². The van der Waals surface area contributed by atoms with Gasteiger partial charge in [0.15, 0.2) is 0 Å². The SMILES string of the molecule is CC(CS(C)(=O)=O)NCc1ncc[nH]1. The van der Waals surface area contributed by atoms with Gasteiger partial charge in [0.05, 0.1) is 12.3 Å². The van der Waals surface area contributed by atoms with E-state index in [1.54, 1.807) is 12.4 Å². The van der Waals surface area contributed by atoms with Crippen molar-refractivity contribution < 1.29 is 8.42 Å². The van der Waals surface area contributed by atoms with Gasteiger partial charge in [-0.25, -0.2) is 13.4 Å². The van der Waals surface area contributed by atoms with Crippen molar-refractivity contribution in [1.29, 1.82) is 0 Å². The molecule has 1 aromatic heterocycles. The first-order valence-electron chi connectivity index (χ1n) is 4.37. The molecule has 0 radical (unpaired) electrons. The Kier molecular flexibility index (Phi) is 3.65. The maximum atomic E-state index is 10.9. The van der Waals surface area contributed by atoms with Gasteiger partial charge in [-0.3, -0.25) is 0 Å². The van der Waals surface area contributed by atoms with Crippen LogP contribution in [0.25, 0.3) is 0 Å². The van der Waals surface area contributed by atoms with E-state index in [2.05, 4.69) is 15.3 Å². The normalized spacial score (nSPS) is 14.1. The summed E-state index contributed by atoms with van der Waals surface area (Å²) in [5.74, 6) is 0.957. The number of nitrogens with one attached hydrogen (secondary N) is 2. The summed E-state index contributed by atoms with van der Waals surface area (Å²) in [5.41, 5.74) is 0. The topological polar surface area (TPSA) is 74.8 Å². The molecule has 1 rings (SSSR count). The van der Waals surface area contributed by atoms with Crippen molar-refractivity contribution >= 4 is 9.84 Å². The van der Waals surface area contributed by atoms with Crippen LogP contribution in [0.1, 0.15) is 12.7 Å². The van der Waals surface area contributed by atoms with Crippen LogP contribution in [0.5, 0.6) is 0 Å². The molecule has 1 unspecified atom stereocenters.